The van der Waals surface area contributed by atoms with Crippen LogP contribution in [0.3, 0.4) is 0 Å². The summed E-state index contributed by atoms with van der Waals surface area (Å²) in [5, 5.41) is 9.07. The molecule has 0 saturated heterocycles. The predicted octanol–water partition coefficient (Wildman–Crippen LogP) is 12.1. The molecule has 18 heteroatoms. The average molecular weight is 881 g/mol. The Morgan fingerprint density at radius 3 is 1.64 bits per heavy atom. The Morgan fingerprint density at radius 2 is 1.16 bits per heavy atom. The quantitative estimate of drug-likeness (QED) is 0.131. The molecule has 4 bridgehead atoms. The lowest BCUT2D eigenvalue weighted by molar-refractivity contribution is -0.404. The van der Waals surface area contributed by atoms with Gasteiger partial charge in [0.1, 0.15) is 0 Å². The number of aliphatic hydroxyl groups is 1. The fraction of sp³-hybridized carbons (Fsp3) is 1.00. The van der Waals surface area contributed by atoms with Crippen LogP contribution in [0, 0.1) is 59.2 Å². The summed E-state index contributed by atoms with van der Waals surface area (Å²) in [7, 11) is -3.98. The van der Waals surface area contributed by atoms with Gasteiger partial charge in [0.15, 0.2) is 0 Å². The van der Waals surface area contributed by atoms with Crippen LogP contribution in [0.1, 0.15) is 137 Å². The molecule has 1 N–H and O–H groups in total. The number of hydrogen-bond donors (Lipinski definition) is 1. The maximum absolute atomic E-state index is 14.7. The minimum Gasteiger partial charge on any atom is -0.374 e. The van der Waals surface area contributed by atoms with E-state index in [2.05, 4.69) is 0 Å². The number of rotatable bonds is 15. The number of ether oxygens (including phenoxy) is 1. The molecule has 58 heavy (non-hydrogen) atoms. The summed E-state index contributed by atoms with van der Waals surface area (Å²) in [6.45, 7) is 6.85. The highest BCUT2D eigenvalue weighted by atomic mass is 32.2. The SMILES string of the molecule is CCC(CCC1C2CC(CC(OC(C)(C)C)(C(F)(F)F)C(F)(F)F)C(C2)C1CCC1C2CC(CC(O)(C(F)(F)F)C(F)(F)F)C(C2)C1C)S(=O)(=O)OC1CCCCC1. The predicted molar refractivity (Wildman–Crippen MR) is 190 cm³/mol. The Labute approximate surface area is 334 Å². The van der Waals surface area contributed by atoms with Gasteiger partial charge in [0.05, 0.1) is 17.0 Å². The van der Waals surface area contributed by atoms with E-state index in [1.165, 1.54) is 0 Å². The van der Waals surface area contributed by atoms with Crippen LogP contribution in [-0.2, 0) is 19.0 Å². The molecule has 0 amide bonds. The summed E-state index contributed by atoms with van der Waals surface area (Å²) in [6, 6.07) is 0. The van der Waals surface area contributed by atoms with Crippen molar-refractivity contribution >= 4 is 10.1 Å². The van der Waals surface area contributed by atoms with Crippen LogP contribution in [0.4, 0.5) is 52.7 Å². The molecule has 11 atom stereocenters. The number of halogens is 12. The molecule has 0 aromatic carbocycles. The van der Waals surface area contributed by atoms with Crippen LogP contribution in [-0.4, -0.2) is 66.4 Å². The summed E-state index contributed by atoms with van der Waals surface area (Å²) >= 11 is 0. The Bertz CT molecular complexity index is 1470. The zero-order valence-corrected chi connectivity index (χ0v) is 34.6. The molecule has 0 spiro atoms. The number of fused-ring (bicyclic) bond motifs is 4. The monoisotopic (exact) mass is 880 g/mol. The van der Waals surface area contributed by atoms with Gasteiger partial charge in [0.25, 0.3) is 21.3 Å². The first kappa shape index (κ1) is 48.0. The molecular weight excluding hydrogens is 820 g/mol. The van der Waals surface area contributed by atoms with E-state index >= 15 is 0 Å². The third kappa shape index (κ3) is 9.49. The standard InChI is InChI=1S/C40H60F12O5S/c1-6-28(58(54,55)56-27-10-8-7-9-11-27)12-13-30-24-17-26(21-36(39(47,48)49,40(50,51)52)57-34(3,4)5)33(19-24)31(30)15-14-29-22(2)32-18-23(29)16-25(32)20-35(53,37(41,42)43)38(44,45)46/h22-33,53H,6-21H2,1-5H3. The van der Waals surface area contributed by atoms with E-state index in [4.69, 9.17) is 8.92 Å². The van der Waals surface area contributed by atoms with E-state index < -0.39 is 99.5 Å². The lowest BCUT2D eigenvalue weighted by Gasteiger charge is -2.46. The number of alkyl halides is 12. The van der Waals surface area contributed by atoms with E-state index in [1.807, 2.05) is 0 Å². The van der Waals surface area contributed by atoms with E-state index in [9.17, 15) is 66.2 Å². The van der Waals surface area contributed by atoms with Gasteiger partial charge in [0.2, 0.25) is 0 Å². The molecule has 0 aromatic heterocycles. The fourth-order valence-corrected chi connectivity index (χ4v) is 14.1. The van der Waals surface area contributed by atoms with Crippen LogP contribution in [0.15, 0.2) is 0 Å². The second-order valence-electron chi connectivity index (χ2n) is 19.5. The Balaban J connectivity index is 1.36. The molecule has 5 saturated carbocycles. The van der Waals surface area contributed by atoms with E-state index in [1.54, 1.807) is 13.8 Å². The van der Waals surface area contributed by atoms with E-state index in [-0.39, 0.29) is 61.2 Å². The van der Waals surface area contributed by atoms with E-state index in [0.717, 1.165) is 40.0 Å². The summed E-state index contributed by atoms with van der Waals surface area (Å²) < 4.78 is 207. The first-order chi connectivity index (χ1) is 26.4. The minimum atomic E-state index is -5.94. The molecule has 0 aliphatic heterocycles. The maximum Gasteiger partial charge on any atom is 0.426 e. The highest BCUT2D eigenvalue weighted by Crippen LogP contribution is 2.65. The molecule has 5 aliphatic carbocycles. The Hall–Kier alpha value is -1.01. The molecule has 5 nitrogen and oxygen atoms in total. The zero-order valence-electron chi connectivity index (χ0n) is 33.8. The topological polar surface area (TPSA) is 72.8 Å². The summed E-state index contributed by atoms with van der Waals surface area (Å²) in [6.07, 6.45) is -20.4. The average Bonchev–Trinajstić information content (AvgIpc) is 3.81. The van der Waals surface area contributed by atoms with Gasteiger partial charge in [-0.3, -0.25) is 4.18 Å². The zero-order chi connectivity index (χ0) is 43.7. The molecule has 5 aliphatic rings. The molecule has 340 valence electrons. The summed E-state index contributed by atoms with van der Waals surface area (Å²) in [5.74, 6) is -4.84. The lowest BCUT2D eigenvalue weighted by Crippen LogP contribution is -2.62. The van der Waals surface area contributed by atoms with E-state index in [0.29, 0.717) is 44.9 Å². The normalized spacial score (nSPS) is 33.7. The second kappa shape index (κ2) is 16.6. The molecular formula is C40H60F12O5S. The van der Waals surface area contributed by atoms with Crippen molar-refractivity contribution in [2.24, 2.45) is 59.2 Å². The lowest BCUT2D eigenvalue weighted by atomic mass is 9.65. The molecule has 5 rings (SSSR count). The van der Waals surface area contributed by atoms with Gasteiger partial charge < -0.3 is 9.84 Å². The fourth-order valence-electron chi connectivity index (χ4n) is 12.5. The molecule has 5 fully saturated rings. The highest BCUT2D eigenvalue weighted by molar-refractivity contribution is 7.87. The van der Waals surface area contributed by atoms with Crippen LogP contribution < -0.4 is 0 Å². The van der Waals surface area contributed by atoms with Crippen molar-refractivity contribution in [1.82, 2.24) is 0 Å². The van der Waals surface area contributed by atoms with Crippen molar-refractivity contribution in [2.45, 2.75) is 190 Å². The van der Waals surface area contributed by atoms with Gasteiger partial charge in [-0.05, 0) is 163 Å². The molecule has 0 heterocycles. The third-order valence-corrected chi connectivity index (χ3v) is 16.9. The van der Waals surface area contributed by atoms with Crippen molar-refractivity contribution in [3.8, 4) is 0 Å². The molecule has 0 radical (unpaired) electrons. The van der Waals surface area contributed by atoms with Crippen LogP contribution in [0.25, 0.3) is 0 Å². The van der Waals surface area contributed by atoms with Crippen molar-refractivity contribution in [1.29, 1.82) is 0 Å². The van der Waals surface area contributed by atoms with Crippen molar-refractivity contribution in [3.05, 3.63) is 0 Å². The van der Waals surface area contributed by atoms with Crippen molar-refractivity contribution in [2.75, 3.05) is 0 Å². The maximum atomic E-state index is 14.7. The van der Waals surface area contributed by atoms with Crippen LogP contribution in [0.2, 0.25) is 0 Å². The van der Waals surface area contributed by atoms with Crippen LogP contribution >= 0.6 is 0 Å². The third-order valence-electron chi connectivity index (χ3n) is 15.0. The largest absolute Gasteiger partial charge is 0.426 e. The first-order valence-corrected chi connectivity index (χ1v) is 22.4. The van der Waals surface area contributed by atoms with Crippen molar-refractivity contribution < 1.29 is 75.1 Å². The van der Waals surface area contributed by atoms with Gasteiger partial charge in [-0.15, -0.1) is 0 Å². The highest BCUT2D eigenvalue weighted by Gasteiger charge is 2.75. The summed E-state index contributed by atoms with van der Waals surface area (Å²) in [5.41, 5.74) is -11.1. The molecule has 11 unspecified atom stereocenters. The van der Waals surface area contributed by atoms with Crippen molar-refractivity contribution in [3.63, 3.8) is 0 Å². The smallest absolute Gasteiger partial charge is 0.374 e. The number of hydrogen-bond acceptors (Lipinski definition) is 5. The molecule has 0 aromatic rings. The van der Waals surface area contributed by atoms with Gasteiger partial charge >= 0.3 is 24.7 Å². The first-order valence-electron chi connectivity index (χ1n) is 21.0. The van der Waals surface area contributed by atoms with Gasteiger partial charge in [0, 0.05) is 0 Å². The van der Waals surface area contributed by atoms with Gasteiger partial charge in [-0.25, -0.2) is 0 Å². The van der Waals surface area contributed by atoms with Gasteiger partial charge in [-0.2, -0.15) is 61.1 Å². The second-order valence-corrected chi connectivity index (χ2v) is 21.3. The summed E-state index contributed by atoms with van der Waals surface area (Å²) in [4.78, 5) is 0. The Morgan fingerprint density at radius 1 is 0.655 bits per heavy atom. The minimum absolute atomic E-state index is 0.0256. The van der Waals surface area contributed by atoms with Gasteiger partial charge in [-0.1, -0.05) is 33.1 Å². The van der Waals surface area contributed by atoms with Crippen LogP contribution in [0.5, 0.6) is 0 Å². The Kier molecular flexibility index (Phi) is 13.7.